The van der Waals surface area contributed by atoms with Gasteiger partial charge in [-0.05, 0) is 56.0 Å². The number of rotatable bonds is 11. The Bertz CT molecular complexity index is 1160. The van der Waals surface area contributed by atoms with E-state index in [1.165, 1.54) is 23.1 Å². The molecule has 0 aliphatic heterocycles. The molecule has 35 heavy (non-hydrogen) atoms. The van der Waals surface area contributed by atoms with Crippen LogP contribution in [0.2, 0.25) is 10.0 Å². The zero-order chi connectivity index (χ0) is 26.3. The molecule has 1 N–H and O–H groups in total. The molecule has 192 valence electrons. The van der Waals surface area contributed by atoms with Crippen molar-refractivity contribution in [3.63, 3.8) is 0 Å². The summed E-state index contributed by atoms with van der Waals surface area (Å²) >= 11 is 12.4. The highest BCUT2D eigenvalue weighted by atomic mass is 35.5. The van der Waals surface area contributed by atoms with E-state index in [9.17, 15) is 18.0 Å². The minimum absolute atomic E-state index is 0.0650. The number of carbonyl (C=O) groups is 2. The maximum absolute atomic E-state index is 13.7. The largest absolute Gasteiger partial charge is 0.352 e. The maximum atomic E-state index is 13.7. The Hall–Kier alpha value is -2.29. The van der Waals surface area contributed by atoms with Crippen molar-refractivity contribution in [3.05, 3.63) is 63.6 Å². The van der Waals surface area contributed by atoms with Gasteiger partial charge in [-0.1, -0.05) is 61.3 Å². The van der Waals surface area contributed by atoms with Gasteiger partial charge in [-0.15, -0.1) is 0 Å². The topological polar surface area (TPSA) is 86.8 Å². The molecule has 0 unspecified atom stereocenters. The molecule has 0 aromatic heterocycles. The van der Waals surface area contributed by atoms with Gasteiger partial charge in [-0.2, -0.15) is 0 Å². The minimum Gasteiger partial charge on any atom is -0.352 e. The zero-order valence-corrected chi connectivity index (χ0v) is 23.0. The maximum Gasteiger partial charge on any atom is 0.244 e. The van der Waals surface area contributed by atoms with E-state index in [1.54, 1.807) is 0 Å². The molecule has 0 radical (unpaired) electrons. The minimum atomic E-state index is -3.90. The number of halogens is 2. The van der Waals surface area contributed by atoms with Crippen LogP contribution in [0.4, 0.5) is 5.69 Å². The number of nitrogens with one attached hydrogen (secondary N) is 1. The van der Waals surface area contributed by atoms with E-state index in [0.717, 1.165) is 28.1 Å². The summed E-state index contributed by atoms with van der Waals surface area (Å²) in [6.45, 7) is 7.22. The standard InChI is InChI=1S/C25H33Cl2N3O4S/c1-6-18(4)28-25(32)22(7-2)29(15-19-11-9-8-10-17(19)3)24(31)16-30(35(5,33)34)23-14-20(26)12-13-21(23)27/h8-14,18,22H,6-7,15-16H2,1-5H3,(H,28,32)/t18-,22+/m0/s1. The predicted molar refractivity (Wildman–Crippen MR) is 142 cm³/mol. The molecule has 2 atom stereocenters. The lowest BCUT2D eigenvalue weighted by atomic mass is 10.1. The monoisotopic (exact) mass is 541 g/mol. The van der Waals surface area contributed by atoms with Crippen molar-refractivity contribution in [1.82, 2.24) is 10.2 Å². The summed E-state index contributed by atoms with van der Waals surface area (Å²) in [4.78, 5) is 28.3. The first-order valence-corrected chi connectivity index (χ1v) is 14.1. The fourth-order valence-electron chi connectivity index (χ4n) is 3.60. The molecule has 2 aromatic carbocycles. The second-order valence-corrected chi connectivity index (χ2v) is 11.3. The Balaban J connectivity index is 2.50. The number of amides is 2. The van der Waals surface area contributed by atoms with Crippen LogP contribution in [-0.2, 0) is 26.2 Å². The van der Waals surface area contributed by atoms with Crippen LogP contribution >= 0.6 is 23.2 Å². The van der Waals surface area contributed by atoms with Crippen molar-refractivity contribution in [3.8, 4) is 0 Å². The summed E-state index contributed by atoms with van der Waals surface area (Å²) in [6, 6.07) is 11.1. The van der Waals surface area contributed by atoms with Gasteiger partial charge in [0.25, 0.3) is 0 Å². The predicted octanol–water partition coefficient (Wildman–Crippen LogP) is 4.79. The molecule has 0 bridgehead atoms. The van der Waals surface area contributed by atoms with Gasteiger partial charge in [0.15, 0.2) is 0 Å². The summed E-state index contributed by atoms with van der Waals surface area (Å²) in [5, 5.41) is 3.36. The highest BCUT2D eigenvalue weighted by molar-refractivity contribution is 7.92. The number of carbonyl (C=O) groups excluding carboxylic acids is 2. The van der Waals surface area contributed by atoms with Crippen LogP contribution < -0.4 is 9.62 Å². The lowest BCUT2D eigenvalue weighted by Crippen LogP contribution is -2.53. The van der Waals surface area contributed by atoms with Crippen LogP contribution in [0.3, 0.4) is 0 Å². The summed E-state index contributed by atoms with van der Waals surface area (Å²) in [5.74, 6) is -0.809. The van der Waals surface area contributed by atoms with Crippen molar-refractivity contribution >= 4 is 50.7 Å². The molecule has 0 spiro atoms. The first-order valence-electron chi connectivity index (χ1n) is 11.5. The smallest absolute Gasteiger partial charge is 0.244 e. The van der Waals surface area contributed by atoms with Gasteiger partial charge in [-0.25, -0.2) is 8.42 Å². The number of sulfonamides is 1. The Morgan fingerprint density at radius 2 is 1.71 bits per heavy atom. The van der Waals surface area contributed by atoms with Crippen molar-refractivity contribution in [1.29, 1.82) is 0 Å². The SMILES string of the molecule is CC[C@H](C(=O)N[C@@H](C)CC)N(Cc1ccccc1C)C(=O)CN(c1cc(Cl)ccc1Cl)S(C)(=O)=O. The third-order valence-electron chi connectivity index (χ3n) is 5.84. The number of nitrogens with zero attached hydrogens (tertiary/aromatic N) is 2. The molecular formula is C25H33Cl2N3O4S. The Morgan fingerprint density at radius 3 is 2.29 bits per heavy atom. The van der Waals surface area contributed by atoms with Crippen molar-refractivity contribution in [2.75, 3.05) is 17.1 Å². The van der Waals surface area contributed by atoms with Crippen molar-refractivity contribution in [2.45, 2.75) is 59.2 Å². The van der Waals surface area contributed by atoms with Crippen LogP contribution in [0, 0.1) is 6.92 Å². The Morgan fingerprint density at radius 1 is 1.06 bits per heavy atom. The van der Waals surface area contributed by atoms with Crippen LogP contribution in [0.15, 0.2) is 42.5 Å². The summed E-state index contributed by atoms with van der Waals surface area (Å²) in [6.07, 6.45) is 2.09. The summed E-state index contributed by atoms with van der Waals surface area (Å²) < 4.78 is 26.3. The molecule has 0 aliphatic carbocycles. The fourth-order valence-corrected chi connectivity index (χ4v) is 4.89. The van der Waals surface area contributed by atoms with E-state index >= 15 is 0 Å². The number of anilines is 1. The molecule has 0 saturated heterocycles. The summed E-state index contributed by atoms with van der Waals surface area (Å²) in [5.41, 5.74) is 1.92. The number of aryl methyl sites for hydroxylation is 1. The van der Waals surface area contributed by atoms with Crippen molar-refractivity contribution < 1.29 is 18.0 Å². The Labute approximate surface area is 218 Å². The van der Waals surface area contributed by atoms with Gasteiger partial charge in [0, 0.05) is 17.6 Å². The molecule has 2 aromatic rings. The third kappa shape index (κ3) is 7.85. The molecule has 0 fully saturated rings. The number of hydrogen-bond acceptors (Lipinski definition) is 4. The second-order valence-electron chi connectivity index (χ2n) is 8.56. The van der Waals surface area contributed by atoms with E-state index in [1.807, 2.05) is 52.0 Å². The van der Waals surface area contributed by atoms with Gasteiger partial charge < -0.3 is 10.2 Å². The lowest BCUT2D eigenvalue weighted by molar-refractivity contribution is -0.140. The average molecular weight is 543 g/mol. The third-order valence-corrected chi connectivity index (χ3v) is 7.53. The van der Waals surface area contributed by atoms with Crippen LogP contribution in [-0.4, -0.2) is 50.0 Å². The second kappa shape index (κ2) is 12.6. The van der Waals surface area contributed by atoms with Crippen LogP contribution in [0.25, 0.3) is 0 Å². The average Bonchev–Trinajstić information content (AvgIpc) is 2.79. The zero-order valence-electron chi connectivity index (χ0n) is 20.7. The van der Waals surface area contributed by atoms with Crippen LogP contribution in [0.1, 0.15) is 44.7 Å². The number of hydrogen-bond donors (Lipinski definition) is 1. The van der Waals surface area contributed by atoms with Gasteiger partial charge in [0.2, 0.25) is 21.8 Å². The van der Waals surface area contributed by atoms with E-state index in [-0.39, 0.29) is 34.2 Å². The number of benzene rings is 2. The van der Waals surface area contributed by atoms with E-state index < -0.39 is 28.5 Å². The van der Waals surface area contributed by atoms with Gasteiger partial charge >= 0.3 is 0 Å². The first kappa shape index (κ1) is 28.9. The normalized spacial score (nSPS) is 13.1. The van der Waals surface area contributed by atoms with Crippen LogP contribution in [0.5, 0.6) is 0 Å². The quantitative estimate of drug-likeness (QED) is 0.443. The molecule has 7 nitrogen and oxygen atoms in total. The van der Waals surface area contributed by atoms with E-state index in [0.29, 0.717) is 6.42 Å². The molecule has 2 amide bonds. The van der Waals surface area contributed by atoms with E-state index in [4.69, 9.17) is 23.2 Å². The fraction of sp³-hybridized carbons (Fsp3) is 0.440. The van der Waals surface area contributed by atoms with E-state index in [2.05, 4.69) is 5.32 Å². The molecule has 0 aliphatic rings. The molecule has 10 heteroatoms. The van der Waals surface area contributed by atoms with Gasteiger partial charge in [-0.3, -0.25) is 13.9 Å². The highest BCUT2D eigenvalue weighted by Gasteiger charge is 2.32. The summed E-state index contributed by atoms with van der Waals surface area (Å²) in [7, 11) is -3.90. The molecule has 0 saturated carbocycles. The van der Waals surface area contributed by atoms with Gasteiger partial charge in [0.1, 0.15) is 12.6 Å². The molecule has 0 heterocycles. The lowest BCUT2D eigenvalue weighted by Gasteiger charge is -2.34. The highest BCUT2D eigenvalue weighted by Crippen LogP contribution is 2.31. The van der Waals surface area contributed by atoms with Crippen molar-refractivity contribution in [2.24, 2.45) is 0 Å². The Kier molecular flexibility index (Phi) is 10.4. The first-order chi connectivity index (χ1) is 16.4. The van der Waals surface area contributed by atoms with Gasteiger partial charge in [0.05, 0.1) is 17.0 Å². The molecular weight excluding hydrogens is 509 g/mol. The molecule has 2 rings (SSSR count).